The van der Waals surface area contributed by atoms with Crippen LogP contribution in [0.5, 0.6) is 11.5 Å². The molecule has 0 saturated heterocycles. The molecule has 1 aliphatic rings. The van der Waals surface area contributed by atoms with Gasteiger partial charge in [0, 0.05) is 46.3 Å². The number of benzene rings is 1. The maximum absolute atomic E-state index is 12.5. The number of amides is 1. The smallest absolute Gasteiger partial charge is 0.240 e. The first-order valence-corrected chi connectivity index (χ1v) is 11.6. The van der Waals surface area contributed by atoms with Gasteiger partial charge in [0.05, 0.1) is 18.1 Å². The first-order valence-electron chi connectivity index (χ1n) is 10.1. The molecule has 1 heterocycles. The molecule has 0 bridgehead atoms. The average molecular weight is 445 g/mol. The Labute approximate surface area is 178 Å². The summed E-state index contributed by atoms with van der Waals surface area (Å²) in [6.07, 6.45) is 2.51. The van der Waals surface area contributed by atoms with Crippen molar-refractivity contribution in [2.45, 2.75) is 30.6 Å². The van der Waals surface area contributed by atoms with Crippen LogP contribution >= 0.6 is 0 Å². The molecule has 0 aromatic heterocycles. The zero-order valence-electron chi connectivity index (χ0n) is 17.7. The van der Waals surface area contributed by atoms with Crippen LogP contribution in [0.15, 0.2) is 23.1 Å². The lowest BCUT2D eigenvalue weighted by Crippen LogP contribution is -2.36. The van der Waals surface area contributed by atoms with Crippen LogP contribution in [0.2, 0.25) is 0 Å². The number of methoxy groups -OCH3 is 2. The number of hydrogen-bond donors (Lipinski definition) is 1. The highest BCUT2D eigenvalue weighted by molar-refractivity contribution is 7.89. The van der Waals surface area contributed by atoms with Crippen molar-refractivity contribution < 1.29 is 32.2 Å². The average Bonchev–Trinajstić information content (AvgIpc) is 2.75. The van der Waals surface area contributed by atoms with Crippen molar-refractivity contribution in [3.05, 3.63) is 18.2 Å². The molecule has 30 heavy (non-hydrogen) atoms. The van der Waals surface area contributed by atoms with Crippen LogP contribution in [0.25, 0.3) is 0 Å². The molecule has 1 aromatic carbocycles. The van der Waals surface area contributed by atoms with E-state index in [0.29, 0.717) is 76.8 Å². The van der Waals surface area contributed by atoms with Crippen LogP contribution in [-0.4, -0.2) is 79.5 Å². The van der Waals surface area contributed by atoms with Crippen LogP contribution in [0.1, 0.15) is 25.7 Å². The van der Waals surface area contributed by atoms with E-state index in [1.165, 1.54) is 12.1 Å². The minimum atomic E-state index is -3.62. The molecular formula is C20H32N2O7S. The van der Waals surface area contributed by atoms with Crippen LogP contribution in [0, 0.1) is 0 Å². The molecule has 2 rings (SSSR count). The van der Waals surface area contributed by atoms with Crippen molar-refractivity contribution in [3.63, 3.8) is 0 Å². The lowest BCUT2D eigenvalue weighted by atomic mass is 10.2. The Bertz CT molecular complexity index is 762. The van der Waals surface area contributed by atoms with E-state index < -0.39 is 10.0 Å². The molecule has 1 aromatic rings. The highest BCUT2D eigenvalue weighted by Crippen LogP contribution is 2.32. The molecule has 10 heteroatoms. The van der Waals surface area contributed by atoms with Gasteiger partial charge in [0.15, 0.2) is 11.5 Å². The molecule has 1 amide bonds. The molecule has 0 radical (unpaired) electrons. The van der Waals surface area contributed by atoms with Crippen molar-refractivity contribution in [1.29, 1.82) is 0 Å². The Hall–Kier alpha value is -1.88. The fourth-order valence-corrected chi connectivity index (χ4v) is 4.07. The Balaban J connectivity index is 1.70. The lowest BCUT2D eigenvalue weighted by Gasteiger charge is -2.22. The van der Waals surface area contributed by atoms with Gasteiger partial charge in [-0.05, 0) is 25.0 Å². The zero-order chi connectivity index (χ0) is 21.8. The summed E-state index contributed by atoms with van der Waals surface area (Å²) in [7, 11) is -0.415. The molecule has 0 aliphatic carbocycles. The minimum absolute atomic E-state index is 0.0564. The summed E-state index contributed by atoms with van der Waals surface area (Å²) in [6.45, 7) is 3.20. The first kappa shape index (κ1) is 24.4. The maximum Gasteiger partial charge on any atom is 0.240 e. The number of carbonyl (C=O) groups excluding carboxylic acids is 1. The molecule has 0 saturated carbocycles. The van der Waals surface area contributed by atoms with Crippen molar-refractivity contribution in [2.75, 3.05) is 60.3 Å². The third-order valence-corrected chi connectivity index (χ3v) is 6.13. The second-order valence-corrected chi connectivity index (χ2v) is 8.65. The lowest BCUT2D eigenvalue weighted by molar-refractivity contribution is -0.132. The first-order chi connectivity index (χ1) is 14.5. The third kappa shape index (κ3) is 7.75. The van der Waals surface area contributed by atoms with Crippen LogP contribution in [0.4, 0.5) is 0 Å². The highest BCUT2D eigenvalue weighted by atomic mass is 32.2. The molecule has 0 spiro atoms. The summed E-state index contributed by atoms with van der Waals surface area (Å²) in [4.78, 5) is 14.2. The van der Waals surface area contributed by atoms with Crippen molar-refractivity contribution >= 4 is 15.9 Å². The number of nitrogens with one attached hydrogen (secondary N) is 1. The van der Waals surface area contributed by atoms with Gasteiger partial charge in [-0.15, -0.1) is 0 Å². The summed E-state index contributed by atoms with van der Waals surface area (Å²) in [5, 5.41) is 0. The number of rotatable bonds is 14. The van der Waals surface area contributed by atoms with Gasteiger partial charge in [-0.3, -0.25) is 4.79 Å². The molecule has 9 nitrogen and oxygen atoms in total. The number of carbonyl (C=O) groups is 1. The van der Waals surface area contributed by atoms with Crippen molar-refractivity contribution in [2.24, 2.45) is 0 Å². The van der Waals surface area contributed by atoms with Crippen molar-refractivity contribution in [3.8, 4) is 11.5 Å². The van der Waals surface area contributed by atoms with Gasteiger partial charge in [0.1, 0.15) is 13.2 Å². The van der Waals surface area contributed by atoms with E-state index in [2.05, 4.69) is 4.72 Å². The summed E-state index contributed by atoms with van der Waals surface area (Å²) < 4.78 is 48.4. The summed E-state index contributed by atoms with van der Waals surface area (Å²) in [5.74, 6) is 1.05. The largest absolute Gasteiger partial charge is 0.486 e. The quantitative estimate of drug-likeness (QED) is 0.433. The fraction of sp³-hybridized carbons (Fsp3) is 0.650. The van der Waals surface area contributed by atoms with E-state index in [1.807, 2.05) is 0 Å². The Kier molecular flexibility index (Phi) is 10.4. The number of hydrogen-bond acceptors (Lipinski definition) is 7. The summed E-state index contributed by atoms with van der Waals surface area (Å²) in [5.41, 5.74) is 0. The monoisotopic (exact) mass is 444 g/mol. The minimum Gasteiger partial charge on any atom is -0.486 e. The van der Waals surface area contributed by atoms with Crippen LogP contribution in [-0.2, 0) is 24.3 Å². The molecular weight excluding hydrogens is 412 g/mol. The number of unbranched alkanes of at least 4 members (excludes halogenated alkanes) is 2. The van der Waals surface area contributed by atoms with Gasteiger partial charge in [-0.25, -0.2) is 13.1 Å². The van der Waals surface area contributed by atoms with Gasteiger partial charge in [-0.2, -0.15) is 0 Å². The SMILES string of the molecule is COCCN(CCOC)C(=O)CCCCCNS(=O)(=O)c1ccc2c(c1)OCCO2. The van der Waals surface area contributed by atoms with E-state index in [4.69, 9.17) is 18.9 Å². The fourth-order valence-electron chi connectivity index (χ4n) is 2.98. The molecule has 170 valence electrons. The number of ether oxygens (including phenoxy) is 4. The van der Waals surface area contributed by atoms with Gasteiger partial charge in [-0.1, -0.05) is 6.42 Å². The number of fused-ring (bicyclic) bond motifs is 1. The third-order valence-electron chi connectivity index (χ3n) is 4.67. The van der Waals surface area contributed by atoms with E-state index in [1.54, 1.807) is 25.2 Å². The maximum atomic E-state index is 12.5. The molecule has 0 fully saturated rings. The topological polar surface area (TPSA) is 103 Å². The van der Waals surface area contributed by atoms with Gasteiger partial charge in [0.2, 0.25) is 15.9 Å². The Morgan fingerprint density at radius 2 is 1.70 bits per heavy atom. The number of nitrogens with zero attached hydrogens (tertiary/aromatic N) is 1. The van der Waals surface area contributed by atoms with Crippen molar-refractivity contribution in [1.82, 2.24) is 9.62 Å². The predicted octanol–water partition coefficient (Wildman–Crippen LogP) is 1.42. The van der Waals surface area contributed by atoms with Crippen LogP contribution in [0.3, 0.4) is 0 Å². The van der Waals surface area contributed by atoms with E-state index >= 15 is 0 Å². The van der Waals surface area contributed by atoms with Gasteiger partial charge in [0.25, 0.3) is 0 Å². The Morgan fingerprint density at radius 1 is 1.03 bits per heavy atom. The number of sulfonamides is 1. The zero-order valence-corrected chi connectivity index (χ0v) is 18.5. The molecule has 1 aliphatic heterocycles. The summed E-state index contributed by atoms with van der Waals surface area (Å²) in [6, 6.07) is 4.58. The van der Waals surface area contributed by atoms with Gasteiger partial charge >= 0.3 is 0 Å². The standard InChI is InChI=1S/C20H32N2O7S/c1-26-12-10-22(11-13-27-2)20(23)6-4-3-5-9-21-30(24,25)17-7-8-18-19(16-17)29-15-14-28-18/h7-8,16,21H,3-6,9-15H2,1-2H3. The summed E-state index contributed by atoms with van der Waals surface area (Å²) >= 11 is 0. The van der Waals surface area contributed by atoms with Gasteiger partial charge < -0.3 is 23.8 Å². The van der Waals surface area contributed by atoms with E-state index in [-0.39, 0.29) is 10.8 Å². The van der Waals surface area contributed by atoms with E-state index in [0.717, 1.165) is 6.42 Å². The highest BCUT2D eigenvalue weighted by Gasteiger charge is 2.19. The predicted molar refractivity (Wildman–Crippen MR) is 111 cm³/mol. The Morgan fingerprint density at radius 3 is 2.37 bits per heavy atom. The second-order valence-electron chi connectivity index (χ2n) is 6.88. The normalized spacial score (nSPS) is 13.3. The molecule has 0 unspecified atom stereocenters. The second kappa shape index (κ2) is 12.7. The molecule has 1 N–H and O–H groups in total. The van der Waals surface area contributed by atoms with E-state index in [9.17, 15) is 13.2 Å². The molecule has 0 atom stereocenters. The van der Waals surface area contributed by atoms with Crippen LogP contribution < -0.4 is 14.2 Å².